The van der Waals surface area contributed by atoms with E-state index >= 15 is 0 Å². The van der Waals surface area contributed by atoms with Gasteiger partial charge in [0.25, 0.3) is 5.91 Å². The van der Waals surface area contributed by atoms with Crippen LogP contribution in [0.2, 0.25) is 0 Å². The number of hydrogen-bond acceptors (Lipinski definition) is 4. The molecule has 8 heteroatoms. The molecule has 26 heavy (non-hydrogen) atoms. The van der Waals surface area contributed by atoms with Gasteiger partial charge in [0, 0.05) is 41.2 Å². The third kappa shape index (κ3) is 6.76. The van der Waals surface area contributed by atoms with Crippen LogP contribution in [0.4, 0.5) is 0 Å². The molecular weight excluding hydrogens is 414 g/mol. The minimum atomic E-state index is -0.0655. The van der Waals surface area contributed by atoms with Gasteiger partial charge in [-0.2, -0.15) is 0 Å². The van der Waals surface area contributed by atoms with Gasteiger partial charge in [-0.05, 0) is 31.0 Å². The maximum atomic E-state index is 12.0. The molecule has 1 heterocycles. The topological polar surface area (TPSA) is 78.4 Å². The van der Waals surface area contributed by atoms with Crippen LogP contribution in [-0.4, -0.2) is 37.0 Å². The van der Waals surface area contributed by atoms with Crippen molar-refractivity contribution in [3.63, 3.8) is 0 Å². The fourth-order valence-corrected chi connectivity index (χ4v) is 3.40. The summed E-state index contributed by atoms with van der Waals surface area (Å²) in [6.07, 6.45) is 3.74. The highest BCUT2D eigenvalue weighted by Crippen LogP contribution is 2.13. The second-order valence-corrected chi connectivity index (χ2v) is 7.66. The predicted octanol–water partition coefficient (Wildman–Crippen LogP) is 2.95. The van der Waals surface area contributed by atoms with Gasteiger partial charge >= 0.3 is 0 Å². The number of benzene rings is 1. The molecule has 0 spiro atoms. The van der Waals surface area contributed by atoms with E-state index in [9.17, 15) is 4.79 Å². The van der Waals surface area contributed by atoms with Gasteiger partial charge in [-0.3, -0.25) is 9.79 Å². The van der Waals surface area contributed by atoms with Crippen LogP contribution in [0.1, 0.15) is 33.6 Å². The molecule has 0 radical (unpaired) electrons. The number of thiazole rings is 1. The highest BCUT2D eigenvalue weighted by molar-refractivity contribution is 9.10. The Morgan fingerprint density at radius 2 is 2.08 bits per heavy atom. The molecule has 0 saturated carbocycles. The van der Waals surface area contributed by atoms with Crippen molar-refractivity contribution in [2.24, 2.45) is 4.99 Å². The van der Waals surface area contributed by atoms with Crippen molar-refractivity contribution in [1.82, 2.24) is 20.9 Å². The number of halogens is 1. The summed E-state index contributed by atoms with van der Waals surface area (Å²) in [6.45, 7) is 4.10. The SMILES string of the molecule is CCc1cnc(CNC(=NC)NCCCNC(=O)c2cccc(Br)c2)s1. The van der Waals surface area contributed by atoms with Crippen LogP contribution in [0.15, 0.2) is 39.9 Å². The van der Waals surface area contributed by atoms with Gasteiger partial charge in [0.15, 0.2) is 5.96 Å². The average molecular weight is 438 g/mol. The summed E-state index contributed by atoms with van der Waals surface area (Å²) in [4.78, 5) is 21.9. The summed E-state index contributed by atoms with van der Waals surface area (Å²) >= 11 is 5.08. The molecule has 0 saturated heterocycles. The Bertz CT molecular complexity index is 747. The number of nitrogens with one attached hydrogen (secondary N) is 3. The standard InChI is InChI=1S/C18H24BrN5OS/c1-3-15-11-23-16(26-15)12-24-18(20-2)22-9-5-8-21-17(25)13-6-4-7-14(19)10-13/h4,6-7,10-11H,3,5,8-9,12H2,1-2H3,(H,21,25)(H2,20,22,24). The molecule has 1 amide bonds. The maximum absolute atomic E-state index is 12.0. The molecule has 2 rings (SSSR count). The number of carbonyl (C=O) groups is 1. The second-order valence-electron chi connectivity index (χ2n) is 5.55. The van der Waals surface area contributed by atoms with E-state index in [0.717, 1.165) is 34.8 Å². The normalized spacial score (nSPS) is 11.3. The molecule has 6 nitrogen and oxygen atoms in total. The zero-order valence-electron chi connectivity index (χ0n) is 15.0. The van der Waals surface area contributed by atoms with Crippen molar-refractivity contribution in [3.8, 4) is 0 Å². The van der Waals surface area contributed by atoms with E-state index in [1.165, 1.54) is 4.88 Å². The van der Waals surface area contributed by atoms with E-state index in [1.54, 1.807) is 24.5 Å². The number of nitrogens with zero attached hydrogens (tertiary/aromatic N) is 2. The highest BCUT2D eigenvalue weighted by atomic mass is 79.9. The van der Waals surface area contributed by atoms with Gasteiger partial charge in [-0.15, -0.1) is 11.3 Å². The molecule has 0 unspecified atom stereocenters. The molecule has 1 aromatic carbocycles. The van der Waals surface area contributed by atoms with Crippen LogP contribution in [0.3, 0.4) is 0 Å². The summed E-state index contributed by atoms with van der Waals surface area (Å²) in [7, 11) is 1.74. The lowest BCUT2D eigenvalue weighted by atomic mass is 10.2. The summed E-state index contributed by atoms with van der Waals surface area (Å²) in [5.74, 6) is 0.667. The Morgan fingerprint density at radius 1 is 1.27 bits per heavy atom. The first kappa shape index (κ1) is 20.4. The van der Waals surface area contributed by atoms with Crippen LogP contribution >= 0.6 is 27.3 Å². The number of aryl methyl sites for hydroxylation is 1. The smallest absolute Gasteiger partial charge is 0.251 e. The monoisotopic (exact) mass is 437 g/mol. The summed E-state index contributed by atoms with van der Waals surface area (Å²) in [5, 5.41) is 10.5. The highest BCUT2D eigenvalue weighted by Gasteiger charge is 2.05. The van der Waals surface area contributed by atoms with E-state index in [1.807, 2.05) is 24.4 Å². The Kier molecular flexibility index (Phi) is 8.57. The first-order valence-corrected chi connectivity index (χ1v) is 10.1. The van der Waals surface area contributed by atoms with Gasteiger partial charge < -0.3 is 16.0 Å². The van der Waals surface area contributed by atoms with E-state index in [2.05, 4.69) is 48.8 Å². The molecule has 1 aromatic heterocycles. The molecule has 3 N–H and O–H groups in total. The third-order valence-electron chi connectivity index (χ3n) is 3.60. The molecule has 2 aromatic rings. The summed E-state index contributed by atoms with van der Waals surface area (Å²) in [5.41, 5.74) is 0.653. The van der Waals surface area contributed by atoms with Gasteiger partial charge in [0.05, 0.1) is 6.54 Å². The van der Waals surface area contributed by atoms with Crippen molar-refractivity contribution in [1.29, 1.82) is 0 Å². The van der Waals surface area contributed by atoms with Gasteiger partial charge in [0.1, 0.15) is 5.01 Å². The average Bonchev–Trinajstić information content (AvgIpc) is 3.12. The number of rotatable bonds is 8. The first-order chi connectivity index (χ1) is 12.6. The molecule has 0 bridgehead atoms. The van der Waals surface area contributed by atoms with E-state index in [4.69, 9.17) is 0 Å². The zero-order valence-corrected chi connectivity index (χ0v) is 17.4. The number of guanidine groups is 1. The lowest BCUT2D eigenvalue weighted by molar-refractivity contribution is 0.0953. The molecule has 0 fully saturated rings. The number of aromatic nitrogens is 1. The summed E-state index contributed by atoms with van der Waals surface area (Å²) in [6, 6.07) is 7.35. The van der Waals surface area contributed by atoms with Crippen molar-refractivity contribution >= 4 is 39.1 Å². The molecule has 0 aliphatic carbocycles. The van der Waals surface area contributed by atoms with Gasteiger partial charge in [-0.25, -0.2) is 4.98 Å². The van der Waals surface area contributed by atoms with Crippen LogP contribution < -0.4 is 16.0 Å². The van der Waals surface area contributed by atoms with Crippen molar-refractivity contribution < 1.29 is 4.79 Å². The Labute approximate surface area is 166 Å². The molecule has 0 aliphatic rings. The fraction of sp³-hybridized carbons (Fsp3) is 0.389. The van der Waals surface area contributed by atoms with Crippen LogP contribution in [0.25, 0.3) is 0 Å². The van der Waals surface area contributed by atoms with Crippen LogP contribution in [-0.2, 0) is 13.0 Å². The Hall–Kier alpha value is -1.93. The quantitative estimate of drug-likeness (QED) is 0.337. The predicted molar refractivity (Wildman–Crippen MR) is 111 cm³/mol. The largest absolute Gasteiger partial charge is 0.356 e. The van der Waals surface area contributed by atoms with Crippen molar-refractivity contribution in [2.75, 3.05) is 20.1 Å². The minimum absolute atomic E-state index is 0.0655. The van der Waals surface area contributed by atoms with Gasteiger partial charge in [-0.1, -0.05) is 28.9 Å². The van der Waals surface area contributed by atoms with Crippen molar-refractivity contribution in [2.45, 2.75) is 26.3 Å². The van der Waals surface area contributed by atoms with Gasteiger partial charge in [0.2, 0.25) is 0 Å². The van der Waals surface area contributed by atoms with E-state index in [-0.39, 0.29) is 5.91 Å². The lowest BCUT2D eigenvalue weighted by Crippen LogP contribution is -2.38. The lowest BCUT2D eigenvalue weighted by Gasteiger charge is -2.11. The maximum Gasteiger partial charge on any atom is 0.251 e. The van der Waals surface area contributed by atoms with E-state index in [0.29, 0.717) is 18.7 Å². The Morgan fingerprint density at radius 3 is 2.77 bits per heavy atom. The van der Waals surface area contributed by atoms with E-state index < -0.39 is 0 Å². The molecule has 0 atom stereocenters. The zero-order chi connectivity index (χ0) is 18.8. The summed E-state index contributed by atoms with van der Waals surface area (Å²) < 4.78 is 0.896. The van der Waals surface area contributed by atoms with Crippen LogP contribution in [0, 0.1) is 0 Å². The fourth-order valence-electron chi connectivity index (χ4n) is 2.20. The molecule has 0 aliphatic heterocycles. The third-order valence-corrected chi connectivity index (χ3v) is 5.23. The van der Waals surface area contributed by atoms with Crippen LogP contribution in [0.5, 0.6) is 0 Å². The number of amides is 1. The molecular formula is C18H24BrN5OS. The Balaban J connectivity index is 1.63. The molecule has 140 valence electrons. The number of hydrogen-bond donors (Lipinski definition) is 3. The minimum Gasteiger partial charge on any atom is -0.356 e. The first-order valence-electron chi connectivity index (χ1n) is 8.54. The second kappa shape index (κ2) is 10.9. The number of aliphatic imine (C=N–C) groups is 1. The number of carbonyl (C=O) groups excluding carboxylic acids is 1. The van der Waals surface area contributed by atoms with Crippen molar-refractivity contribution in [3.05, 3.63) is 50.4 Å².